The topological polar surface area (TPSA) is 85.7 Å². The maximum Gasteiger partial charge on any atom is 0.240 e. The van der Waals surface area contributed by atoms with Crippen LogP contribution in [0.2, 0.25) is 0 Å². The van der Waals surface area contributed by atoms with E-state index in [2.05, 4.69) is 5.32 Å². The number of thioether (sulfide) groups is 1. The van der Waals surface area contributed by atoms with Crippen molar-refractivity contribution in [2.45, 2.75) is 18.7 Å². The smallest absolute Gasteiger partial charge is 0.240 e. The highest BCUT2D eigenvalue weighted by molar-refractivity contribution is 8.00. The van der Waals surface area contributed by atoms with Crippen LogP contribution in [0.5, 0.6) is 11.5 Å². The number of benzene rings is 3. The van der Waals surface area contributed by atoms with Crippen LogP contribution in [0.3, 0.4) is 0 Å². The number of halogens is 1. The van der Waals surface area contributed by atoms with Crippen molar-refractivity contribution in [2.24, 2.45) is 0 Å². The van der Waals surface area contributed by atoms with Crippen molar-refractivity contribution >= 4 is 40.7 Å². The first-order valence-corrected chi connectivity index (χ1v) is 16.2. The summed E-state index contributed by atoms with van der Waals surface area (Å²) in [7, 11) is 3.23. The van der Waals surface area contributed by atoms with Crippen LogP contribution in [0, 0.1) is 12.7 Å². The first-order chi connectivity index (χ1) is 21.9. The van der Waals surface area contributed by atoms with Crippen LogP contribution in [0.15, 0.2) is 84.2 Å². The van der Waals surface area contributed by atoms with Crippen LogP contribution >= 0.6 is 23.1 Å². The van der Waals surface area contributed by atoms with E-state index in [9.17, 15) is 14.0 Å². The number of ether oxygens (including phenoxy) is 2. The second-order valence-electron chi connectivity index (χ2n) is 10.4. The van der Waals surface area contributed by atoms with E-state index in [1.54, 1.807) is 42.4 Å². The molecule has 2 aromatic heterocycles. The number of nitrogens with zero attached hydrogens (tertiary/aromatic N) is 3. The third kappa shape index (κ3) is 6.18. The fraction of sp³-hybridized carbons (Fsp3) is 0.206. The Bertz CT molecular complexity index is 1840. The Labute approximate surface area is 268 Å². The van der Waals surface area contributed by atoms with Gasteiger partial charge in [0.15, 0.2) is 0 Å². The highest BCUT2D eigenvalue weighted by Crippen LogP contribution is 2.51. The van der Waals surface area contributed by atoms with Crippen molar-refractivity contribution in [3.05, 3.63) is 112 Å². The maximum atomic E-state index is 14.0. The van der Waals surface area contributed by atoms with Gasteiger partial charge in [0.1, 0.15) is 35.4 Å². The lowest BCUT2D eigenvalue weighted by molar-refractivity contribution is -0.123. The molecule has 0 fully saturated rings. The van der Waals surface area contributed by atoms with E-state index in [4.69, 9.17) is 14.6 Å². The summed E-state index contributed by atoms with van der Waals surface area (Å²) in [6, 6.07) is 23.4. The molecule has 45 heavy (non-hydrogen) atoms. The Morgan fingerprint density at radius 1 is 1.04 bits per heavy atom. The molecular weight excluding hydrogens is 612 g/mol. The number of fused-ring (bicyclic) bond motifs is 1. The SMILES string of the molecule is COc1ccc(OC)c([C@@H]2SCC(=O)N(CC(=O)NCc3ccc(F)cc3)c3c2c(-c2cccs2)nn3-c2ccccc2C)c1. The van der Waals surface area contributed by atoms with E-state index in [1.807, 2.05) is 66.9 Å². The molecule has 3 aromatic carbocycles. The molecule has 0 saturated carbocycles. The molecule has 6 rings (SSSR count). The van der Waals surface area contributed by atoms with Gasteiger partial charge in [-0.2, -0.15) is 5.10 Å². The third-order valence-corrected chi connectivity index (χ3v) is 9.72. The quantitative estimate of drug-likeness (QED) is 0.196. The third-order valence-electron chi connectivity index (χ3n) is 7.61. The molecule has 0 bridgehead atoms. The van der Waals surface area contributed by atoms with Crippen LogP contribution in [-0.4, -0.2) is 48.1 Å². The number of nitrogens with one attached hydrogen (secondary N) is 1. The number of methoxy groups -OCH3 is 2. The fourth-order valence-corrected chi connectivity index (χ4v) is 7.31. The minimum absolute atomic E-state index is 0.114. The molecule has 3 heterocycles. The monoisotopic (exact) mass is 642 g/mol. The number of carbonyl (C=O) groups excluding carboxylic acids is 2. The molecular formula is C34H31FN4O4S2. The minimum atomic E-state index is -0.379. The molecule has 2 amide bonds. The molecule has 0 radical (unpaired) electrons. The normalized spacial score (nSPS) is 14.5. The van der Waals surface area contributed by atoms with E-state index in [0.29, 0.717) is 17.3 Å². The second-order valence-corrected chi connectivity index (χ2v) is 12.5. The van der Waals surface area contributed by atoms with Gasteiger partial charge in [-0.15, -0.1) is 23.1 Å². The molecule has 1 N–H and O–H groups in total. The molecule has 0 aliphatic carbocycles. The zero-order valence-electron chi connectivity index (χ0n) is 25.0. The largest absolute Gasteiger partial charge is 0.497 e. The van der Waals surface area contributed by atoms with E-state index < -0.39 is 0 Å². The second kappa shape index (κ2) is 13.2. The molecule has 230 valence electrons. The van der Waals surface area contributed by atoms with Crippen molar-refractivity contribution in [3.63, 3.8) is 0 Å². The van der Waals surface area contributed by atoms with Crippen molar-refractivity contribution < 1.29 is 23.5 Å². The van der Waals surface area contributed by atoms with Crippen LogP contribution in [0.4, 0.5) is 10.2 Å². The molecule has 0 saturated heterocycles. The van der Waals surface area contributed by atoms with Gasteiger partial charge in [-0.1, -0.05) is 36.4 Å². The number of thiophene rings is 1. The van der Waals surface area contributed by atoms with Crippen LogP contribution < -0.4 is 19.7 Å². The summed E-state index contributed by atoms with van der Waals surface area (Å²) in [5, 5.41) is 9.66. The molecule has 5 aromatic rings. The summed E-state index contributed by atoms with van der Waals surface area (Å²) < 4.78 is 26.6. The Kier molecular flexibility index (Phi) is 8.90. The van der Waals surface area contributed by atoms with Gasteiger partial charge in [0.25, 0.3) is 0 Å². The Balaban J connectivity index is 1.53. The maximum absolute atomic E-state index is 14.0. The lowest BCUT2D eigenvalue weighted by atomic mass is 10.0. The van der Waals surface area contributed by atoms with Crippen LogP contribution in [0.1, 0.15) is 27.5 Å². The number of para-hydroxylation sites is 1. The first-order valence-electron chi connectivity index (χ1n) is 14.3. The minimum Gasteiger partial charge on any atom is -0.497 e. The fourth-order valence-electron chi connectivity index (χ4n) is 5.38. The van der Waals surface area contributed by atoms with Gasteiger partial charge in [0.2, 0.25) is 11.8 Å². The number of amides is 2. The molecule has 11 heteroatoms. The Morgan fingerprint density at radius 2 is 1.84 bits per heavy atom. The average Bonchev–Trinajstić information content (AvgIpc) is 3.70. The van der Waals surface area contributed by atoms with E-state index >= 15 is 0 Å². The number of aryl methyl sites for hydroxylation is 1. The number of aromatic nitrogens is 2. The molecule has 1 aliphatic heterocycles. The lowest BCUT2D eigenvalue weighted by Crippen LogP contribution is -2.42. The van der Waals surface area contributed by atoms with Crippen molar-refractivity contribution in [3.8, 4) is 27.8 Å². The van der Waals surface area contributed by atoms with Gasteiger partial charge in [0.05, 0.1) is 35.8 Å². The van der Waals surface area contributed by atoms with Gasteiger partial charge in [-0.25, -0.2) is 9.07 Å². The molecule has 8 nitrogen and oxygen atoms in total. The molecule has 1 aliphatic rings. The molecule has 0 spiro atoms. The average molecular weight is 643 g/mol. The van der Waals surface area contributed by atoms with E-state index in [-0.39, 0.29) is 41.7 Å². The highest BCUT2D eigenvalue weighted by atomic mass is 32.2. The molecule has 0 unspecified atom stereocenters. The standard InChI is InChI=1S/C34H31FN4O4S2/c1-21-7-4-5-8-26(21)39-34-31(32(37-39)28-9-6-16-44-28)33(25-17-24(42-2)14-15-27(25)43-3)45-20-30(41)38(34)19-29(40)36-18-22-10-12-23(35)13-11-22/h4-17,33H,18-20H2,1-3H3,(H,36,40)/t33-/m0/s1. The lowest BCUT2D eigenvalue weighted by Gasteiger charge is -2.24. The summed E-state index contributed by atoms with van der Waals surface area (Å²) in [6.07, 6.45) is 0. The van der Waals surface area contributed by atoms with E-state index in [0.717, 1.165) is 38.5 Å². The zero-order chi connectivity index (χ0) is 31.5. The van der Waals surface area contributed by atoms with Gasteiger partial charge in [-0.3, -0.25) is 14.5 Å². The Hall–Kier alpha value is -4.61. The summed E-state index contributed by atoms with van der Waals surface area (Å²) in [5.74, 6) is 1.02. The van der Waals surface area contributed by atoms with Gasteiger partial charge in [-0.05, 0) is 65.9 Å². The molecule has 1 atom stereocenters. The van der Waals surface area contributed by atoms with E-state index in [1.165, 1.54) is 28.8 Å². The predicted octanol–water partition coefficient (Wildman–Crippen LogP) is 6.55. The van der Waals surface area contributed by atoms with Crippen molar-refractivity contribution in [1.82, 2.24) is 15.1 Å². The van der Waals surface area contributed by atoms with Gasteiger partial charge >= 0.3 is 0 Å². The Morgan fingerprint density at radius 3 is 2.56 bits per heavy atom. The first kappa shape index (κ1) is 30.4. The number of rotatable bonds is 9. The summed E-state index contributed by atoms with van der Waals surface area (Å²) in [4.78, 5) is 30.0. The van der Waals surface area contributed by atoms with Crippen molar-refractivity contribution in [1.29, 1.82) is 0 Å². The summed E-state index contributed by atoms with van der Waals surface area (Å²) in [5.41, 5.74) is 4.86. The van der Waals surface area contributed by atoms with Gasteiger partial charge < -0.3 is 14.8 Å². The van der Waals surface area contributed by atoms with Crippen LogP contribution in [-0.2, 0) is 16.1 Å². The number of hydrogen-bond donors (Lipinski definition) is 1. The highest BCUT2D eigenvalue weighted by Gasteiger charge is 2.39. The van der Waals surface area contributed by atoms with Crippen LogP contribution in [0.25, 0.3) is 16.3 Å². The predicted molar refractivity (Wildman–Crippen MR) is 176 cm³/mol. The van der Waals surface area contributed by atoms with Gasteiger partial charge in [0, 0.05) is 17.7 Å². The summed E-state index contributed by atoms with van der Waals surface area (Å²) >= 11 is 3.02. The number of carbonyl (C=O) groups is 2. The zero-order valence-corrected chi connectivity index (χ0v) is 26.6. The summed E-state index contributed by atoms with van der Waals surface area (Å²) in [6.45, 7) is 1.96. The number of hydrogen-bond acceptors (Lipinski definition) is 7. The number of anilines is 1. The van der Waals surface area contributed by atoms with Crippen molar-refractivity contribution in [2.75, 3.05) is 31.4 Å².